The van der Waals surface area contributed by atoms with Crippen molar-refractivity contribution in [3.8, 4) is 0 Å². The van der Waals surface area contributed by atoms with Crippen LogP contribution in [0.2, 0.25) is 0 Å². The summed E-state index contributed by atoms with van der Waals surface area (Å²) in [5, 5.41) is 8.65. The Bertz CT molecular complexity index is 4030. The summed E-state index contributed by atoms with van der Waals surface area (Å²) in [6.45, 7) is 0. The van der Waals surface area contributed by atoms with E-state index < -0.39 is 0 Å². The quantitative estimate of drug-likeness (QED) is 0.154. The van der Waals surface area contributed by atoms with Gasteiger partial charge in [-0.1, -0.05) is 127 Å². The second-order valence-electron chi connectivity index (χ2n) is 18.0. The fourth-order valence-corrected chi connectivity index (χ4v) is 12.9. The normalized spacial score (nSPS) is 19.4. The number of carbonyl (C=O) groups is 2. The summed E-state index contributed by atoms with van der Waals surface area (Å²) in [6.07, 6.45) is 0. The Balaban J connectivity index is 1.09. The lowest BCUT2D eigenvalue weighted by Gasteiger charge is -2.30. The van der Waals surface area contributed by atoms with Crippen LogP contribution >= 0.6 is 0 Å². The molecule has 0 amide bonds. The van der Waals surface area contributed by atoms with Crippen molar-refractivity contribution in [2.45, 2.75) is 23.7 Å². The van der Waals surface area contributed by atoms with Crippen LogP contribution in [0.4, 0.5) is 0 Å². The molecule has 12 aromatic rings. The largest absolute Gasteiger partial charge is 0.455 e. The Hall–Kier alpha value is -7.82. The number of hydrogen-bond acceptors (Lipinski definition) is 3. The van der Waals surface area contributed by atoms with Gasteiger partial charge in [-0.25, -0.2) is 0 Å². The number of Topliss-reactive ketones (excluding diaryl/α,β-unsaturated/α-hetero) is 2. The number of fused-ring (bicyclic) bond motifs is 12. The lowest BCUT2D eigenvalue weighted by molar-refractivity contribution is 0.0966. The molecule has 0 saturated heterocycles. The molecule has 0 aliphatic heterocycles. The van der Waals surface area contributed by atoms with E-state index in [1.54, 1.807) is 0 Å². The first-order valence-corrected chi connectivity index (χ1v) is 21.6. The van der Waals surface area contributed by atoms with Crippen molar-refractivity contribution in [2.75, 3.05) is 0 Å². The molecule has 0 saturated carbocycles. The van der Waals surface area contributed by atoms with Gasteiger partial charge in [0.25, 0.3) is 0 Å². The summed E-state index contributed by atoms with van der Waals surface area (Å²) in [6, 6.07) is 58.3. The van der Waals surface area contributed by atoms with Crippen LogP contribution in [0.5, 0.6) is 0 Å². The Morgan fingerprint density at radius 1 is 0.355 bits per heavy atom. The number of ketones is 2. The molecule has 4 bridgehead atoms. The second kappa shape index (κ2) is 10.7. The number of hydrogen-bond donors (Lipinski definition) is 0. The summed E-state index contributed by atoms with van der Waals surface area (Å²) < 4.78 is 9.51. The van der Waals surface area contributed by atoms with Gasteiger partial charge in [0.15, 0.2) is 11.6 Å². The predicted octanol–water partition coefficient (Wildman–Crippen LogP) is 13.5. The van der Waals surface area contributed by atoms with Crippen LogP contribution in [0, 0.1) is 0 Å². The van der Waals surface area contributed by atoms with Crippen molar-refractivity contribution in [1.29, 1.82) is 0 Å². The van der Waals surface area contributed by atoms with Crippen LogP contribution in [0.25, 0.3) is 70.8 Å². The van der Waals surface area contributed by atoms with Crippen molar-refractivity contribution < 1.29 is 14.0 Å². The number of rotatable bonds is 0. The molecule has 0 spiro atoms. The monoisotopic (exact) mass is 789 g/mol. The average Bonchev–Trinajstić information content (AvgIpc) is 3.88. The Morgan fingerprint density at radius 3 is 1.37 bits per heavy atom. The second-order valence-corrected chi connectivity index (χ2v) is 18.0. The highest BCUT2D eigenvalue weighted by Crippen LogP contribution is 2.56. The third-order valence-corrected chi connectivity index (χ3v) is 15.4. The summed E-state index contributed by atoms with van der Waals surface area (Å²) >= 11 is 0. The lowest BCUT2D eigenvalue weighted by Crippen LogP contribution is -2.19. The van der Waals surface area contributed by atoms with Crippen LogP contribution in [0.3, 0.4) is 0 Å². The zero-order valence-electron chi connectivity index (χ0n) is 33.1. The molecule has 9 aromatic carbocycles. The number of aromatic nitrogens is 1. The fourth-order valence-electron chi connectivity index (χ4n) is 12.9. The van der Waals surface area contributed by atoms with E-state index in [0.29, 0.717) is 0 Å². The van der Waals surface area contributed by atoms with Gasteiger partial charge in [0.05, 0.1) is 33.8 Å². The third-order valence-electron chi connectivity index (χ3n) is 15.4. The molecular weight excluding hydrogens is 759 g/mol. The molecule has 286 valence electrons. The van der Waals surface area contributed by atoms with Gasteiger partial charge in [-0.2, -0.15) is 0 Å². The van der Waals surface area contributed by atoms with Gasteiger partial charge in [0.1, 0.15) is 11.2 Å². The van der Waals surface area contributed by atoms with Crippen molar-refractivity contribution in [2.24, 2.45) is 0 Å². The Kier molecular flexibility index (Phi) is 5.54. The van der Waals surface area contributed by atoms with Crippen LogP contribution < -0.4 is 0 Å². The molecule has 18 rings (SSSR count). The first-order chi connectivity index (χ1) is 30.6. The highest BCUT2D eigenvalue weighted by atomic mass is 16.3. The van der Waals surface area contributed by atoms with E-state index >= 15 is 9.59 Å². The zero-order valence-corrected chi connectivity index (χ0v) is 33.1. The van der Waals surface area contributed by atoms with E-state index in [4.69, 9.17) is 4.42 Å². The van der Waals surface area contributed by atoms with E-state index in [0.717, 1.165) is 115 Å². The van der Waals surface area contributed by atoms with Crippen molar-refractivity contribution in [3.05, 3.63) is 231 Å². The van der Waals surface area contributed by atoms with E-state index in [1.165, 1.54) is 22.3 Å². The molecule has 0 atom stereocenters. The van der Waals surface area contributed by atoms with Crippen LogP contribution in [0.15, 0.2) is 168 Å². The molecule has 4 heteroatoms. The van der Waals surface area contributed by atoms with Crippen LogP contribution in [-0.4, -0.2) is 16.0 Å². The standard InChI is InChI=1S/C58H31NO3/c60-55-43-26-47-39(23-40(43)49-30-13-3-7-17-34(30)51(55)35-18-8-4-14-31(35)49)42-25-45-38-22-21-28-11-1-2-12-29(28)57(38)62-58(45)53-46-24-41-44(27-48(46)59(47)54(42)53)56(61)52-36-19-9-5-15-32(36)50(41)33-16-6-10-20-37(33)52/h1-27,49-52H. The first kappa shape index (κ1) is 32.0. The molecule has 0 N–H and O–H groups in total. The summed E-state index contributed by atoms with van der Waals surface area (Å²) in [5.74, 6) is -0.667. The number of carbonyl (C=O) groups excluding carboxylic acids is 2. The molecule has 62 heavy (non-hydrogen) atoms. The smallest absolute Gasteiger partial charge is 0.175 e. The number of furan rings is 1. The van der Waals surface area contributed by atoms with Gasteiger partial charge >= 0.3 is 0 Å². The maximum absolute atomic E-state index is 15.3. The third kappa shape index (κ3) is 3.55. The molecule has 3 heterocycles. The van der Waals surface area contributed by atoms with Gasteiger partial charge in [-0.15, -0.1) is 0 Å². The highest BCUT2D eigenvalue weighted by molar-refractivity contribution is 6.34. The maximum atomic E-state index is 15.3. The molecule has 6 aliphatic carbocycles. The van der Waals surface area contributed by atoms with E-state index in [9.17, 15) is 0 Å². The van der Waals surface area contributed by atoms with Gasteiger partial charge < -0.3 is 8.82 Å². The number of nitrogens with zero attached hydrogens (tertiary/aromatic N) is 1. The molecule has 0 fully saturated rings. The average molecular weight is 790 g/mol. The predicted molar refractivity (Wildman–Crippen MR) is 246 cm³/mol. The first-order valence-electron chi connectivity index (χ1n) is 21.6. The minimum atomic E-state index is -0.384. The minimum absolute atomic E-state index is 0.0745. The van der Waals surface area contributed by atoms with Crippen LogP contribution in [-0.2, 0) is 0 Å². The highest BCUT2D eigenvalue weighted by Gasteiger charge is 2.45. The molecule has 3 aromatic heterocycles. The summed E-state index contributed by atoms with van der Waals surface area (Å²) in [7, 11) is 0. The fraction of sp³-hybridized carbons (Fsp3) is 0.0690. The Morgan fingerprint density at radius 2 is 0.823 bits per heavy atom. The minimum Gasteiger partial charge on any atom is -0.455 e. The van der Waals surface area contributed by atoms with Gasteiger partial charge in [-0.3, -0.25) is 9.59 Å². The maximum Gasteiger partial charge on any atom is 0.175 e. The van der Waals surface area contributed by atoms with Crippen molar-refractivity contribution >= 4 is 82.4 Å². The molecule has 0 radical (unpaired) electrons. The van der Waals surface area contributed by atoms with Gasteiger partial charge in [-0.05, 0) is 97.4 Å². The summed E-state index contributed by atoms with van der Waals surface area (Å²) in [5.41, 5.74) is 17.5. The molecule has 6 aliphatic rings. The molecular formula is C58H31NO3. The van der Waals surface area contributed by atoms with Crippen molar-refractivity contribution in [3.63, 3.8) is 0 Å². The molecule has 0 unspecified atom stereocenters. The van der Waals surface area contributed by atoms with E-state index in [1.807, 2.05) is 0 Å². The Labute approximate surface area is 353 Å². The summed E-state index contributed by atoms with van der Waals surface area (Å²) in [4.78, 5) is 30.5. The van der Waals surface area contributed by atoms with E-state index in [-0.39, 0.29) is 35.2 Å². The SMILES string of the molecule is O=C1c2cc3c(cc2C2c4ccccc4C1c1ccccc12)c1cc2c4ccc5ccccc5c4oc2c2c4cc5c(cc4n3c12)C(=O)C1c2ccccc2C5c2ccccc21. The number of benzene rings is 9. The lowest BCUT2D eigenvalue weighted by atomic mass is 9.72. The van der Waals surface area contributed by atoms with Crippen LogP contribution in [0.1, 0.15) is 100 Å². The van der Waals surface area contributed by atoms with Gasteiger partial charge in [0.2, 0.25) is 0 Å². The van der Waals surface area contributed by atoms with Crippen molar-refractivity contribution in [1.82, 2.24) is 4.40 Å². The topological polar surface area (TPSA) is 51.7 Å². The zero-order chi connectivity index (χ0) is 40.3. The van der Waals surface area contributed by atoms with Gasteiger partial charge in [0, 0.05) is 55.3 Å². The van der Waals surface area contributed by atoms with E-state index in [2.05, 4.69) is 168 Å². The molecule has 4 nitrogen and oxygen atoms in total.